The molecule has 0 fully saturated rings. The number of oxazole rings is 1. The Morgan fingerprint density at radius 3 is 2.47 bits per heavy atom. The van der Waals surface area contributed by atoms with E-state index in [1.54, 1.807) is 41.2 Å². The summed E-state index contributed by atoms with van der Waals surface area (Å²) >= 11 is 0. The van der Waals surface area contributed by atoms with Crippen LogP contribution in [-0.2, 0) is 11.2 Å². The van der Waals surface area contributed by atoms with Crippen LogP contribution in [0.1, 0.15) is 5.56 Å². The van der Waals surface area contributed by atoms with Crippen molar-refractivity contribution >= 4 is 28.7 Å². The highest BCUT2D eigenvalue weighted by molar-refractivity contribution is 5.95. The number of nitrogens with one attached hydrogen (secondary N) is 2. The summed E-state index contributed by atoms with van der Waals surface area (Å²) in [5.74, 6) is -1.07. The van der Waals surface area contributed by atoms with Crippen molar-refractivity contribution in [2.24, 2.45) is 0 Å². The Balaban J connectivity index is 1.21. The smallest absolute Gasteiger partial charge is 0.229 e. The van der Waals surface area contributed by atoms with E-state index in [0.29, 0.717) is 34.3 Å². The van der Waals surface area contributed by atoms with E-state index in [1.165, 1.54) is 12.5 Å². The van der Waals surface area contributed by atoms with Gasteiger partial charge in [0.2, 0.25) is 11.9 Å². The lowest BCUT2D eigenvalue weighted by Crippen LogP contribution is -2.16. The van der Waals surface area contributed by atoms with Gasteiger partial charge in [-0.3, -0.25) is 4.79 Å². The van der Waals surface area contributed by atoms with Gasteiger partial charge in [0.05, 0.1) is 29.4 Å². The molecule has 0 aliphatic heterocycles. The fourth-order valence-corrected chi connectivity index (χ4v) is 5.06. The quantitative estimate of drug-likeness (QED) is 0.188. The predicted molar refractivity (Wildman–Crippen MR) is 166 cm³/mol. The molecule has 7 aromatic rings. The fraction of sp³-hybridized carbons (Fsp3) is 0.0294. The van der Waals surface area contributed by atoms with Crippen LogP contribution >= 0.6 is 0 Å². The summed E-state index contributed by atoms with van der Waals surface area (Å²) in [5.41, 5.74) is 5.30. The van der Waals surface area contributed by atoms with Gasteiger partial charge >= 0.3 is 0 Å². The SMILES string of the molecule is O=C(Cc1c(F)cccc1F)Nc1cccc(-c2nn3ccccc3c2-c2ccnc(Nc3cccc(-c4cnco4)c3)n2)c1. The minimum absolute atomic E-state index is 0.285. The van der Waals surface area contributed by atoms with Gasteiger partial charge in [-0.15, -0.1) is 0 Å². The second-order valence-electron chi connectivity index (χ2n) is 10.1. The van der Waals surface area contributed by atoms with Crippen molar-refractivity contribution in [3.8, 4) is 33.8 Å². The van der Waals surface area contributed by atoms with E-state index in [-0.39, 0.29) is 5.56 Å². The first-order valence-electron chi connectivity index (χ1n) is 13.9. The average Bonchev–Trinajstić information content (AvgIpc) is 3.73. The van der Waals surface area contributed by atoms with Gasteiger partial charge in [0.1, 0.15) is 17.3 Å². The molecule has 11 heteroatoms. The second-order valence-corrected chi connectivity index (χ2v) is 10.1. The highest BCUT2D eigenvalue weighted by atomic mass is 19.1. The van der Waals surface area contributed by atoms with E-state index in [1.807, 2.05) is 54.7 Å². The fourth-order valence-electron chi connectivity index (χ4n) is 5.06. The predicted octanol–water partition coefficient (Wildman–Crippen LogP) is 7.32. The monoisotopic (exact) mass is 599 g/mol. The molecule has 0 aliphatic rings. The first-order chi connectivity index (χ1) is 22.0. The Hall–Kier alpha value is -6.23. The van der Waals surface area contributed by atoms with E-state index in [0.717, 1.165) is 34.5 Å². The van der Waals surface area contributed by atoms with Gasteiger partial charge in [-0.25, -0.2) is 28.2 Å². The van der Waals surface area contributed by atoms with Gasteiger partial charge in [-0.1, -0.05) is 36.4 Å². The molecule has 9 nitrogen and oxygen atoms in total. The van der Waals surface area contributed by atoms with E-state index in [2.05, 4.69) is 20.6 Å². The number of nitrogens with zero attached hydrogens (tertiary/aromatic N) is 5. The van der Waals surface area contributed by atoms with Crippen LogP contribution in [-0.4, -0.2) is 30.5 Å². The zero-order valence-corrected chi connectivity index (χ0v) is 23.5. The summed E-state index contributed by atoms with van der Waals surface area (Å²) in [6, 6.07) is 25.8. The molecule has 0 aliphatic carbocycles. The summed E-state index contributed by atoms with van der Waals surface area (Å²) in [5, 5.41) is 10.8. The van der Waals surface area contributed by atoms with Gasteiger partial charge in [0.25, 0.3) is 0 Å². The van der Waals surface area contributed by atoms with Crippen LogP contribution in [0.5, 0.6) is 0 Å². The van der Waals surface area contributed by atoms with Crippen LogP contribution < -0.4 is 10.6 Å². The molecule has 45 heavy (non-hydrogen) atoms. The van der Waals surface area contributed by atoms with Crippen LogP contribution in [0.4, 0.5) is 26.1 Å². The third kappa shape index (κ3) is 5.74. The third-order valence-electron chi connectivity index (χ3n) is 7.11. The first-order valence-corrected chi connectivity index (χ1v) is 13.9. The van der Waals surface area contributed by atoms with Crippen LogP contribution in [0.25, 0.3) is 39.4 Å². The molecule has 0 spiro atoms. The topological polar surface area (TPSA) is 110 Å². The largest absolute Gasteiger partial charge is 0.444 e. The Bertz CT molecular complexity index is 2140. The normalized spacial score (nSPS) is 11.1. The van der Waals surface area contributed by atoms with Crippen molar-refractivity contribution < 1.29 is 18.0 Å². The number of amides is 1. The number of pyridine rings is 1. The van der Waals surface area contributed by atoms with Gasteiger partial charge in [-0.05, 0) is 54.6 Å². The molecule has 3 aromatic carbocycles. The van der Waals surface area contributed by atoms with Gasteiger partial charge < -0.3 is 15.1 Å². The molecule has 1 amide bonds. The molecule has 4 aromatic heterocycles. The summed E-state index contributed by atoms with van der Waals surface area (Å²) < 4.78 is 35.4. The van der Waals surface area contributed by atoms with Crippen LogP contribution in [0, 0.1) is 11.6 Å². The lowest BCUT2D eigenvalue weighted by atomic mass is 10.0. The number of benzene rings is 3. The number of aromatic nitrogens is 5. The molecule has 2 N–H and O–H groups in total. The maximum absolute atomic E-state index is 14.1. The molecule has 4 heterocycles. The Labute approximate surface area is 255 Å². The lowest BCUT2D eigenvalue weighted by Gasteiger charge is -2.10. The van der Waals surface area contributed by atoms with Crippen molar-refractivity contribution in [1.82, 2.24) is 24.6 Å². The van der Waals surface area contributed by atoms with E-state index < -0.39 is 24.0 Å². The third-order valence-corrected chi connectivity index (χ3v) is 7.11. The minimum Gasteiger partial charge on any atom is -0.444 e. The maximum Gasteiger partial charge on any atom is 0.229 e. The van der Waals surface area contributed by atoms with Crippen LogP contribution in [0.15, 0.2) is 120 Å². The molecular weight excluding hydrogens is 576 g/mol. The van der Waals surface area contributed by atoms with Crippen molar-refractivity contribution in [2.75, 3.05) is 10.6 Å². The number of anilines is 3. The standard InChI is InChI=1S/C34H23F2N7O2/c35-26-10-5-11-27(36)25(26)18-31(44)39-23-8-4-7-22(17-23)33-32(29-12-1-2-15-43(29)42-33)28-13-14-38-34(41-28)40-24-9-3-6-21(16-24)30-19-37-20-45-30/h1-17,19-20H,18H2,(H,39,44)(H,38,40,41). The Morgan fingerprint density at radius 1 is 0.867 bits per heavy atom. The Morgan fingerprint density at radius 2 is 1.64 bits per heavy atom. The summed E-state index contributed by atoms with van der Waals surface area (Å²) in [6.07, 6.45) is 6.09. The van der Waals surface area contributed by atoms with Crippen molar-refractivity contribution in [2.45, 2.75) is 6.42 Å². The Kier molecular flexibility index (Phi) is 7.24. The summed E-state index contributed by atoms with van der Waals surface area (Å²) in [6.45, 7) is 0. The van der Waals surface area contributed by atoms with E-state index in [9.17, 15) is 13.6 Å². The van der Waals surface area contributed by atoms with Crippen molar-refractivity contribution in [3.63, 3.8) is 0 Å². The molecule has 0 unspecified atom stereocenters. The van der Waals surface area contributed by atoms with E-state index >= 15 is 0 Å². The number of halogens is 2. The molecule has 220 valence electrons. The molecule has 0 radical (unpaired) electrons. The number of carbonyl (C=O) groups is 1. The summed E-state index contributed by atoms with van der Waals surface area (Å²) in [7, 11) is 0. The first kappa shape index (κ1) is 27.6. The van der Waals surface area contributed by atoms with Crippen LogP contribution in [0.2, 0.25) is 0 Å². The number of hydrogen-bond donors (Lipinski definition) is 2. The zero-order valence-electron chi connectivity index (χ0n) is 23.5. The molecule has 0 atom stereocenters. The molecule has 0 bridgehead atoms. The summed E-state index contributed by atoms with van der Waals surface area (Å²) in [4.78, 5) is 26.0. The number of hydrogen-bond acceptors (Lipinski definition) is 7. The molecule has 0 saturated heterocycles. The highest BCUT2D eigenvalue weighted by Gasteiger charge is 2.19. The zero-order chi connectivity index (χ0) is 30.8. The number of carbonyl (C=O) groups excluding carboxylic acids is 1. The molecule has 0 saturated carbocycles. The average molecular weight is 600 g/mol. The van der Waals surface area contributed by atoms with Gasteiger partial charge in [0, 0.05) is 40.5 Å². The highest BCUT2D eigenvalue weighted by Crippen LogP contribution is 2.35. The van der Waals surface area contributed by atoms with Crippen molar-refractivity contribution in [1.29, 1.82) is 0 Å². The van der Waals surface area contributed by atoms with E-state index in [4.69, 9.17) is 14.5 Å². The molecule has 7 rings (SSSR count). The maximum atomic E-state index is 14.1. The minimum atomic E-state index is -0.769. The van der Waals surface area contributed by atoms with Gasteiger partial charge in [-0.2, -0.15) is 5.10 Å². The van der Waals surface area contributed by atoms with Crippen LogP contribution in [0.3, 0.4) is 0 Å². The second kappa shape index (κ2) is 11.8. The lowest BCUT2D eigenvalue weighted by molar-refractivity contribution is -0.115. The number of fused-ring (bicyclic) bond motifs is 1. The number of rotatable bonds is 8. The van der Waals surface area contributed by atoms with Crippen molar-refractivity contribution in [3.05, 3.63) is 133 Å². The van der Waals surface area contributed by atoms with Gasteiger partial charge in [0.15, 0.2) is 12.2 Å². The molecular formula is C34H23F2N7O2.